The molecule has 4 aromatic carbocycles. The first-order chi connectivity index (χ1) is 43.1. The summed E-state index contributed by atoms with van der Waals surface area (Å²) in [6.07, 6.45) is 0.136. The predicted octanol–water partition coefficient (Wildman–Crippen LogP) is 23.5. The van der Waals surface area contributed by atoms with Crippen LogP contribution < -0.4 is 21.1 Å². The van der Waals surface area contributed by atoms with Crippen molar-refractivity contribution in [2.75, 3.05) is 30.8 Å². The molecule has 0 aliphatic carbocycles. The maximum absolute atomic E-state index is 11.8. The van der Waals surface area contributed by atoms with Crippen LogP contribution in [0.2, 0.25) is 0 Å². The van der Waals surface area contributed by atoms with E-state index in [9.17, 15) is 45.1 Å². The summed E-state index contributed by atoms with van der Waals surface area (Å²) in [5.74, 6) is -2.02. The molecular weight excluding hydrogens is 1900 g/mol. The molecule has 103 heavy (non-hydrogen) atoms. The molecule has 632 valence electrons. The van der Waals surface area contributed by atoms with Crippen molar-refractivity contribution in [3.63, 3.8) is 0 Å². The molecule has 1 fully saturated rings. The van der Waals surface area contributed by atoms with E-state index >= 15 is 0 Å². The Hall–Kier alpha value is 2.49. The normalized spacial score (nSPS) is 9.08. The number of imide groups is 1. The highest BCUT2D eigenvalue weighted by atomic mass is 32.2. The molecule has 44 nitrogen and oxygen atoms in total. The highest BCUT2D eigenvalue weighted by molar-refractivity contribution is 8.04. The third-order valence-electron chi connectivity index (χ3n) is 7.47. The van der Waals surface area contributed by atoms with E-state index < -0.39 is 38.0 Å². The van der Waals surface area contributed by atoms with Crippen LogP contribution in [0.1, 0.15) is 33.1 Å². The molecule has 5 rings (SSSR count). The zero-order valence-corrected chi connectivity index (χ0v) is 74.7. The van der Waals surface area contributed by atoms with Gasteiger partial charge in [-0.1, -0.05) is 29.6 Å². The minimum atomic E-state index is -4.55. The second kappa shape index (κ2) is 120. The minimum Gasteiger partial charge on any atom is -0.709 e. The zero-order chi connectivity index (χ0) is 72.8. The van der Waals surface area contributed by atoms with E-state index in [4.69, 9.17) is 128 Å². The van der Waals surface area contributed by atoms with E-state index in [2.05, 4.69) is 52.6 Å². The molecule has 0 spiro atoms. The average molecular weight is 1980 g/mol. The van der Waals surface area contributed by atoms with Gasteiger partial charge >= 0.3 is 5.97 Å². The number of anilines is 2. The first-order valence-electron chi connectivity index (χ1n) is 20.4. The molecule has 0 radical (unpaired) electrons. The number of nitrogens with one attached hydrogen (secondary N) is 25. The topological polar surface area (TPSA) is 853 Å². The molecule has 1 saturated heterocycles. The molecule has 0 aromatic heterocycles. The number of nitrogens with zero attached hydrogens (tertiary/aromatic N) is 1. The number of benzene rings is 4. The van der Waals surface area contributed by atoms with Crippen molar-refractivity contribution >= 4 is 396 Å². The minimum absolute atomic E-state index is 0. The molecule has 0 atom stereocenters. The van der Waals surface area contributed by atoms with E-state index in [1.807, 2.05) is 0 Å². The Morgan fingerprint density at radius 2 is 0.709 bits per heavy atom. The molecular formula is C32H82N27O17S27-23. The number of fused-ring (bicyclic) bond motifs is 2. The summed E-state index contributed by atoms with van der Waals surface area (Å²) in [5, 5.41) is 165. The Balaban J connectivity index is -0.0000000441. The number of hydrogen-bond donors (Lipinski definition) is 8. The van der Waals surface area contributed by atoms with Gasteiger partial charge < -0.3 is 285 Å². The maximum Gasteiger partial charge on any atom is 0.334 e. The maximum atomic E-state index is 11.8. The Bertz CT molecular complexity index is 2580. The summed E-state index contributed by atoms with van der Waals surface area (Å²) in [5.41, 5.74) is 1.18. The first kappa shape index (κ1) is 161. The van der Waals surface area contributed by atoms with Crippen LogP contribution in [0, 0.1) is 0 Å². The van der Waals surface area contributed by atoms with Crippen LogP contribution in [0.3, 0.4) is 0 Å². The van der Waals surface area contributed by atoms with Gasteiger partial charge in [0.2, 0.25) is 5.91 Å². The smallest absolute Gasteiger partial charge is 0.334 e. The van der Waals surface area contributed by atoms with E-state index in [1.165, 1.54) is 24.3 Å². The van der Waals surface area contributed by atoms with Gasteiger partial charge in [-0.05, 0) is 59.3 Å². The van der Waals surface area contributed by atoms with Crippen molar-refractivity contribution in [2.24, 2.45) is 5.14 Å². The van der Waals surface area contributed by atoms with E-state index in [-0.39, 0.29) is 352 Å². The summed E-state index contributed by atoms with van der Waals surface area (Å²) < 4.78 is 74.1. The van der Waals surface area contributed by atoms with Crippen LogP contribution in [0.25, 0.3) is 135 Å². The van der Waals surface area contributed by atoms with Crippen molar-refractivity contribution in [1.82, 2.24) is 10.4 Å². The summed E-state index contributed by atoms with van der Waals surface area (Å²) in [6.45, 7) is 0.494. The highest BCUT2D eigenvalue weighted by Gasteiger charge is 2.32. The molecule has 0 bridgehead atoms. The van der Waals surface area contributed by atoms with Gasteiger partial charge in [-0.25, -0.2) is 15.3 Å². The molecule has 1 aliphatic rings. The quantitative estimate of drug-likeness (QED) is 0.00925. The Kier molecular flexibility index (Phi) is 188. The molecule has 31 N–H and O–H groups in total. The van der Waals surface area contributed by atoms with Gasteiger partial charge in [-0.3, -0.25) is 23.5 Å². The van der Waals surface area contributed by atoms with Gasteiger partial charge in [-0.2, -0.15) is 165 Å². The Morgan fingerprint density at radius 1 is 0.466 bits per heavy atom. The number of amides is 3. The fourth-order valence-electron chi connectivity index (χ4n) is 5.03. The number of hydrogen-bond acceptors (Lipinski definition) is 32. The van der Waals surface area contributed by atoms with E-state index in [0.717, 1.165) is 6.07 Å². The standard InChI is InChI=1S/C17H16N2O10S2.C14H16N2O7S2.CH4.11H2N2S.H2NS.11H2S/c20-15-3-4-16(21)19(15)27-17(22)5-6-18-11-1-2-13-10(7-11)8-12(30-29-28-23)9-14(13)31(24,25)26;1-15-14(17)4-5-16-10-2-3-12-9(6-10)7-11(24-23-22-18)8-13(12)25(19,20)21;;11*1-3-2;1-2;;;;;;;;;;;/h1-2,7-9,18,23H,3-6H2,(H,24,25,26);2-3,6-8,16,18H,4-5H2,1H3,(H,15,17)(H,19,20,21);1H4;11*1-2H;1H2;11*1H2/q;;;11*-2;-1;;;;;;;;;;;. The summed E-state index contributed by atoms with van der Waals surface area (Å²) in [6, 6.07) is 14.9. The van der Waals surface area contributed by atoms with Gasteiger partial charge in [0.25, 0.3) is 32.1 Å². The Labute approximate surface area is 739 Å². The van der Waals surface area contributed by atoms with Crippen molar-refractivity contribution in [1.29, 1.82) is 0 Å². The summed E-state index contributed by atoms with van der Waals surface area (Å²) in [7, 11) is -7.47. The molecule has 4 aromatic rings. The van der Waals surface area contributed by atoms with E-state index in [0.29, 0.717) is 63.2 Å². The van der Waals surface area contributed by atoms with Crippen LogP contribution in [0.15, 0.2) is 80.2 Å². The highest BCUT2D eigenvalue weighted by Crippen LogP contribution is 2.34. The van der Waals surface area contributed by atoms with Gasteiger partial charge in [0, 0.05) is 71.3 Å². The molecule has 0 unspecified atom stereocenters. The lowest BCUT2D eigenvalue weighted by Gasteiger charge is -2.13. The summed E-state index contributed by atoms with van der Waals surface area (Å²) in [4.78, 5) is 50.6. The number of nitrogens with two attached hydrogens (primary N) is 1. The number of carbonyl (C=O) groups is 4. The van der Waals surface area contributed by atoms with Crippen molar-refractivity contribution < 1.29 is 79.2 Å². The fraction of sp³-hybridized carbons (Fsp3) is 0.250. The van der Waals surface area contributed by atoms with Crippen molar-refractivity contribution in [2.45, 2.75) is 52.7 Å². The second-order valence-corrected chi connectivity index (χ2v) is 18.9. The molecule has 0 saturated carbocycles. The van der Waals surface area contributed by atoms with Gasteiger partial charge in [0.1, 0.15) is 9.79 Å². The molecule has 3 amide bonds. The monoisotopic (exact) mass is 1980 g/mol. The summed E-state index contributed by atoms with van der Waals surface area (Å²) >= 11 is 7.43. The average Bonchev–Trinajstić information content (AvgIpc) is 1.35. The zero-order valence-electron chi connectivity index (χ0n) is 50.7. The first-order valence-corrected chi connectivity index (χ1v) is 34.2. The lowest BCUT2D eigenvalue weighted by molar-refractivity contribution is -0.432. The van der Waals surface area contributed by atoms with Crippen molar-refractivity contribution in [3.8, 4) is 0 Å². The molecule has 1 aliphatic heterocycles. The van der Waals surface area contributed by atoms with Crippen LogP contribution >= 0.6 is 306 Å². The van der Waals surface area contributed by atoms with Gasteiger partial charge in [0.15, 0.2) is 0 Å². The number of hydroxylamine groups is 2. The van der Waals surface area contributed by atoms with Crippen LogP contribution in [0.5, 0.6) is 0 Å². The Morgan fingerprint density at radius 3 is 0.932 bits per heavy atom. The van der Waals surface area contributed by atoms with Crippen LogP contribution in [0.4, 0.5) is 11.4 Å². The van der Waals surface area contributed by atoms with Crippen molar-refractivity contribution in [3.05, 3.63) is 174 Å². The number of carbonyl (C=O) groups excluding carboxylic acids is 4. The SMILES string of the molecule is C.CNC(=O)CCNc1ccc2c(S(=O)(=O)O)cc(SOOO)cc2c1.N[S-].O=C(CCNc1ccc2c(S(=O)(=O)O)cc(SOOO)cc2c1)ON1C(=O)CCC1=O.S.S.S.S.S.S.S.S.S.S.S.[NH-]S[NH-].[NH-]S[NH-].[NH-]S[NH-].[NH-]S[NH-].[NH-]S[NH-].[NH-]S[NH-].[NH-]S[NH-].[NH-]S[NH-].[NH-]S[NH-].[NH-]S[NH-].[NH-]S[NH-]. The number of rotatable bonds is 17. The molecule has 1 heterocycles. The largest absolute Gasteiger partial charge is 0.709 e. The van der Waals surface area contributed by atoms with Crippen LogP contribution in [-0.2, 0) is 75.8 Å². The fourth-order valence-corrected chi connectivity index (χ4v) is 7.56. The van der Waals surface area contributed by atoms with E-state index in [1.54, 1.807) is 37.4 Å². The lowest BCUT2D eigenvalue weighted by Crippen LogP contribution is -2.32. The third-order valence-corrected chi connectivity index (χ3v) is 10.4. The lowest BCUT2D eigenvalue weighted by atomic mass is 10.1. The predicted molar refractivity (Wildman–Crippen MR) is 507 cm³/mol. The third kappa shape index (κ3) is 102. The molecule has 71 heteroatoms. The van der Waals surface area contributed by atoms with Gasteiger partial charge in [-0.15, -0.1) is 13.7 Å². The second-order valence-electron chi connectivity index (χ2n) is 12.3. The van der Waals surface area contributed by atoms with Crippen LogP contribution in [-0.4, -0.2) is 85.3 Å². The van der Waals surface area contributed by atoms with Gasteiger partial charge in [0.05, 0.1) is 30.5 Å².